The molecular weight excluding hydrogens is 425 g/mol. The Morgan fingerprint density at radius 2 is 1.64 bits per heavy atom. The van der Waals surface area contributed by atoms with Crippen molar-refractivity contribution in [2.45, 2.75) is 25.7 Å². The number of para-hydroxylation sites is 2. The minimum absolute atomic E-state index is 0.0152. The quantitative estimate of drug-likeness (QED) is 0.648. The Morgan fingerprint density at radius 1 is 0.909 bits per heavy atom. The third-order valence-corrected chi connectivity index (χ3v) is 6.73. The molecule has 3 aliphatic rings. The molecule has 1 aliphatic carbocycles. The number of hydrogen-bond donors (Lipinski definition) is 0. The summed E-state index contributed by atoms with van der Waals surface area (Å²) in [7, 11) is 0. The molecule has 2 aromatic rings. The number of anilines is 1. The van der Waals surface area contributed by atoms with E-state index in [2.05, 4.69) is 0 Å². The number of hydrogen-bond acceptors (Lipinski definition) is 4. The Bertz CT molecular complexity index is 1080. The fourth-order valence-corrected chi connectivity index (χ4v) is 4.71. The zero-order valence-corrected chi connectivity index (χ0v) is 18.3. The summed E-state index contributed by atoms with van der Waals surface area (Å²) in [5, 5.41) is 0. The van der Waals surface area contributed by atoms with Gasteiger partial charge in [-0.25, -0.2) is 9.18 Å². The summed E-state index contributed by atoms with van der Waals surface area (Å²) >= 11 is 0. The lowest BCUT2D eigenvalue weighted by atomic mass is 9.95. The van der Waals surface area contributed by atoms with Crippen LogP contribution >= 0.6 is 0 Å². The molecule has 0 unspecified atom stereocenters. The van der Waals surface area contributed by atoms with E-state index in [1.807, 2.05) is 12.1 Å². The van der Waals surface area contributed by atoms with Crippen LogP contribution in [0.1, 0.15) is 24.8 Å². The molecule has 4 amide bonds. The van der Waals surface area contributed by atoms with Gasteiger partial charge in [-0.05, 0) is 54.5 Å². The van der Waals surface area contributed by atoms with Crippen molar-refractivity contribution in [1.29, 1.82) is 0 Å². The third kappa shape index (κ3) is 4.42. The zero-order valence-electron chi connectivity index (χ0n) is 18.3. The first-order valence-corrected chi connectivity index (χ1v) is 11.3. The van der Waals surface area contributed by atoms with E-state index >= 15 is 0 Å². The number of carbonyl (C=O) groups is 3. The van der Waals surface area contributed by atoms with E-state index in [4.69, 9.17) is 4.74 Å². The maximum absolute atomic E-state index is 13.2. The van der Waals surface area contributed by atoms with Gasteiger partial charge in [0.05, 0.1) is 5.69 Å². The number of nitrogens with zero attached hydrogens (tertiary/aromatic N) is 3. The number of rotatable bonds is 7. The van der Waals surface area contributed by atoms with Gasteiger partial charge in [0.15, 0.2) is 6.61 Å². The molecule has 5 rings (SSSR count). The van der Waals surface area contributed by atoms with Gasteiger partial charge in [-0.1, -0.05) is 24.3 Å². The molecule has 1 saturated heterocycles. The molecule has 2 heterocycles. The summed E-state index contributed by atoms with van der Waals surface area (Å²) in [4.78, 5) is 42.8. The largest absolute Gasteiger partial charge is 0.482 e. The molecule has 0 atom stereocenters. The Morgan fingerprint density at radius 3 is 2.39 bits per heavy atom. The van der Waals surface area contributed by atoms with Crippen LogP contribution in [0.15, 0.2) is 48.5 Å². The number of carbonyl (C=O) groups excluding carboxylic acids is 3. The van der Waals surface area contributed by atoms with Gasteiger partial charge in [0.25, 0.3) is 5.91 Å². The van der Waals surface area contributed by atoms with Gasteiger partial charge in [0.2, 0.25) is 5.91 Å². The monoisotopic (exact) mass is 451 g/mol. The highest BCUT2D eigenvalue weighted by atomic mass is 19.1. The summed E-state index contributed by atoms with van der Waals surface area (Å²) in [5.41, 5.74) is 1.69. The molecule has 8 heteroatoms. The van der Waals surface area contributed by atoms with Crippen LogP contribution in [-0.4, -0.2) is 60.4 Å². The van der Waals surface area contributed by atoms with Crippen LogP contribution in [0.5, 0.6) is 5.75 Å². The molecule has 33 heavy (non-hydrogen) atoms. The molecule has 2 aromatic carbocycles. The fourth-order valence-electron chi connectivity index (χ4n) is 4.71. The number of benzene rings is 2. The summed E-state index contributed by atoms with van der Waals surface area (Å²) in [5.74, 6) is -0.0517. The van der Waals surface area contributed by atoms with Crippen molar-refractivity contribution in [1.82, 2.24) is 9.80 Å². The summed E-state index contributed by atoms with van der Waals surface area (Å²) in [6, 6.07) is 13.5. The van der Waals surface area contributed by atoms with E-state index in [1.54, 1.807) is 34.1 Å². The molecule has 2 aliphatic heterocycles. The van der Waals surface area contributed by atoms with Gasteiger partial charge in [0, 0.05) is 32.6 Å². The number of amides is 4. The second kappa shape index (κ2) is 8.50. The van der Waals surface area contributed by atoms with Crippen molar-refractivity contribution >= 4 is 23.5 Å². The van der Waals surface area contributed by atoms with Crippen LogP contribution in [0.3, 0.4) is 0 Å². The van der Waals surface area contributed by atoms with Crippen molar-refractivity contribution in [2.75, 3.05) is 37.7 Å². The topological polar surface area (TPSA) is 70.2 Å². The highest BCUT2D eigenvalue weighted by Gasteiger charge is 2.46. The average Bonchev–Trinajstić information content (AvgIpc) is 3.57. The van der Waals surface area contributed by atoms with Crippen LogP contribution in [0.4, 0.5) is 14.9 Å². The standard InChI is InChI=1S/C25H26FN3O4/c26-19-7-5-18(6-8-19)15-25(10-11-25)17-27-12-9-22(30)29(24(27)32)14-13-28-20-3-1-2-4-21(20)33-16-23(28)31/h1-8H,9-17H2. The van der Waals surface area contributed by atoms with Gasteiger partial charge in [-0.15, -0.1) is 0 Å². The van der Waals surface area contributed by atoms with Crippen LogP contribution < -0.4 is 9.64 Å². The first-order chi connectivity index (χ1) is 15.9. The minimum atomic E-state index is -0.300. The minimum Gasteiger partial charge on any atom is -0.482 e. The van der Waals surface area contributed by atoms with E-state index in [0.717, 1.165) is 24.8 Å². The Hall–Kier alpha value is -3.42. The third-order valence-electron chi connectivity index (χ3n) is 6.73. The highest BCUT2D eigenvalue weighted by molar-refractivity contribution is 5.99. The number of urea groups is 1. The lowest BCUT2D eigenvalue weighted by Gasteiger charge is -2.37. The number of halogens is 1. The SMILES string of the molecule is O=C1CCN(CC2(Cc3ccc(F)cc3)CC2)C(=O)N1CCN1C(=O)COc2ccccc21. The van der Waals surface area contributed by atoms with Gasteiger partial charge < -0.3 is 14.5 Å². The Balaban J connectivity index is 1.24. The van der Waals surface area contributed by atoms with Crippen molar-refractivity contribution in [3.63, 3.8) is 0 Å². The number of imide groups is 1. The molecule has 0 bridgehead atoms. The summed E-state index contributed by atoms with van der Waals surface area (Å²) in [6.45, 7) is 1.28. The first-order valence-electron chi connectivity index (χ1n) is 11.3. The molecule has 2 fully saturated rings. The van der Waals surface area contributed by atoms with Gasteiger partial charge >= 0.3 is 6.03 Å². The van der Waals surface area contributed by atoms with E-state index in [1.165, 1.54) is 17.0 Å². The lowest BCUT2D eigenvalue weighted by Crippen LogP contribution is -2.56. The van der Waals surface area contributed by atoms with E-state index in [0.29, 0.717) is 24.5 Å². The smallest absolute Gasteiger partial charge is 0.326 e. The van der Waals surface area contributed by atoms with Crippen LogP contribution in [0.25, 0.3) is 0 Å². The molecule has 7 nitrogen and oxygen atoms in total. The number of ether oxygens (including phenoxy) is 1. The first kappa shape index (κ1) is 21.4. The van der Waals surface area contributed by atoms with E-state index in [-0.39, 0.29) is 55.2 Å². The van der Waals surface area contributed by atoms with E-state index in [9.17, 15) is 18.8 Å². The van der Waals surface area contributed by atoms with Gasteiger partial charge in [-0.3, -0.25) is 14.5 Å². The molecule has 0 aromatic heterocycles. The predicted molar refractivity (Wildman–Crippen MR) is 119 cm³/mol. The van der Waals surface area contributed by atoms with Crippen molar-refractivity contribution in [2.24, 2.45) is 5.41 Å². The highest BCUT2D eigenvalue weighted by Crippen LogP contribution is 2.49. The second-order valence-corrected chi connectivity index (χ2v) is 9.10. The maximum atomic E-state index is 13.2. The van der Waals surface area contributed by atoms with E-state index < -0.39 is 0 Å². The van der Waals surface area contributed by atoms with Crippen molar-refractivity contribution in [3.8, 4) is 5.75 Å². The predicted octanol–water partition coefficient (Wildman–Crippen LogP) is 3.23. The number of fused-ring (bicyclic) bond motifs is 1. The van der Waals surface area contributed by atoms with Crippen LogP contribution in [0, 0.1) is 11.2 Å². The summed E-state index contributed by atoms with van der Waals surface area (Å²) in [6.07, 6.45) is 3.05. The van der Waals surface area contributed by atoms with Crippen molar-refractivity contribution in [3.05, 3.63) is 59.9 Å². The molecule has 0 radical (unpaired) electrons. The van der Waals surface area contributed by atoms with Crippen molar-refractivity contribution < 1.29 is 23.5 Å². The molecular formula is C25H26FN3O4. The Kier molecular flexibility index (Phi) is 5.52. The van der Waals surface area contributed by atoms with Crippen LogP contribution in [-0.2, 0) is 16.0 Å². The average molecular weight is 451 g/mol. The molecule has 0 N–H and O–H groups in total. The maximum Gasteiger partial charge on any atom is 0.326 e. The van der Waals surface area contributed by atoms with Crippen LogP contribution in [0.2, 0.25) is 0 Å². The second-order valence-electron chi connectivity index (χ2n) is 9.10. The lowest BCUT2D eigenvalue weighted by molar-refractivity contribution is -0.131. The fraction of sp³-hybridized carbons (Fsp3) is 0.400. The van der Waals surface area contributed by atoms with Gasteiger partial charge in [-0.2, -0.15) is 0 Å². The normalized spacial score (nSPS) is 19.4. The summed E-state index contributed by atoms with van der Waals surface area (Å²) < 4.78 is 18.7. The Labute approximate surface area is 191 Å². The molecule has 1 saturated carbocycles. The van der Waals surface area contributed by atoms with Gasteiger partial charge in [0.1, 0.15) is 11.6 Å². The molecule has 172 valence electrons. The zero-order chi connectivity index (χ0) is 23.0. The molecule has 0 spiro atoms.